The third-order valence-electron chi connectivity index (χ3n) is 4.57. The van der Waals surface area contributed by atoms with Gasteiger partial charge >= 0.3 is 0 Å². The van der Waals surface area contributed by atoms with E-state index in [0.29, 0.717) is 0 Å². The number of benzene rings is 1. The third kappa shape index (κ3) is 2.39. The van der Waals surface area contributed by atoms with Crippen molar-refractivity contribution >= 4 is 0 Å². The molecular weight excluding hydrogens is 250 g/mol. The average Bonchev–Trinajstić information content (AvgIpc) is 2.82. The molecule has 3 nitrogen and oxygen atoms in total. The molecule has 3 heteroatoms. The van der Waals surface area contributed by atoms with Crippen LogP contribution in [0, 0.1) is 0 Å². The van der Waals surface area contributed by atoms with Crippen molar-refractivity contribution in [1.29, 1.82) is 0 Å². The second-order valence-electron chi connectivity index (χ2n) is 6.59. The van der Waals surface area contributed by atoms with Gasteiger partial charge in [-0.1, -0.05) is 6.92 Å². The lowest BCUT2D eigenvalue weighted by atomic mass is 9.77. The molecule has 1 atom stereocenters. The molecule has 0 amide bonds. The Bertz CT molecular complexity index is 490. The highest BCUT2D eigenvalue weighted by atomic mass is 16.5. The molecule has 20 heavy (non-hydrogen) atoms. The van der Waals surface area contributed by atoms with Crippen LogP contribution in [0.2, 0.25) is 0 Å². The molecule has 1 heterocycles. The second-order valence-corrected chi connectivity index (χ2v) is 6.59. The van der Waals surface area contributed by atoms with E-state index in [1.807, 2.05) is 12.1 Å². The largest absolute Gasteiger partial charge is 0.493 e. The fourth-order valence-corrected chi connectivity index (χ4v) is 3.70. The SMILES string of the molecule is CCCOc1ccc2c(c1)OC1(CCCC1)CC2(C)N. The molecule has 1 spiro atoms. The predicted octanol–water partition coefficient (Wildman–Crippen LogP) is 3.74. The molecule has 0 radical (unpaired) electrons. The summed E-state index contributed by atoms with van der Waals surface area (Å²) < 4.78 is 12.1. The van der Waals surface area contributed by atoms with E-state index in [0.717, 1.165) is 49.4 Å². The van der Waals surface area contributed by atoms with E-state index >= 15 is 0 Å². The number of fused-ring (bicyclic) bond motifs is 1. The van der Waals surface area contributed by atoms with Gasteiger partial charge < -0.3 is 15.2 Å². The Morgan fingerprint density at radius 1 is 1.30 bits per heavy atom. The van der Waals surface area contributed by atoms with Gasteiger partial charge in [-0.15, -0.1) is 0 Å². The molecule has 1 unspecified atom stereocenters. The van der Waals surface area contributed by atoms with Gasteiger partial charge in [-0.3, -0.25) is 0 Å². The minimum Gasteiger partial charge on any atom is -0.493 e. The van der Waals surface area contributed by atoms with Crippen LogP contribution in [-0.4, -0.2) is 12.2 Å². The molecule has 1 aromatic carbocycles. The molecule has 1 fully saturated rings. The topological polar surface area (TPSA) is 44.5 Å². The Labute approximate surface area is 121 Å². The van der Waals surface area contributed by atoms with Crippen LogP contribution in [-0.2, 0) is 5.54 Å². The van der Waals surface area contributed by atoms with Crippen molar-refractivity contribution in [3.63, 3.8) is 0 Å². The first-order valence-electron chi connectivity index (χ1n) is 7.80. The Morgan fingerprint density at radius 3 is 2.75 bits per heavy atom. The molecule has 110 valence electrons. The lowest BCUT2D eigenvalue weighted by molar-refractivity contribution is 0.0221. The predicted molar refractivity (Wildman–Crippen MR) is 80.2 cm³/mol. The van der Waals surface area contributed by atoms with Gasteiger partial charge in [0.1, 0.15) is 17.1 Å². The van der Waals surface area contributed by atoms with E-state index in [4.69, 9.17) is 15.2 Å². The van der Waals surface area contributed by atoms with Crippen LogP contribution < -0.4 is 15.2 Å². The molecular formula is C17H25NO2. The zero-order chi connectivity index (χ0) is 14.2. The molecule has 0 saturated heterocycles. The molecule has 1 aliphatic carbocycles. The number of ether oxygens (including phenoxy) is 2. The zero-order valence-electron chi connectivity index (χ0n) is 12.6. The molecule has 0 aromatic heterocycles. The zero-order valence-corrected chi connectivity index (χ0v) is 12.6. The highest BCUT2D eigenvalue weighted by Crippen LogP contribution is 2.49. The van der Waals surface area contributed by atoms with Gasteiger partial charge in [-0.2, -0.15) is 0 Å². The summed E-state index contributed by atoms with van der Waals surface area (Å²) >= 11 is 0. The number of nitrogens with two attached hydrogens (primary N) is 1. The quantitative estimate of drug-likeness (QED) is 0.913. The minimum absolute atomic E-state index is 0.0418. The number of rotatable bonds is 3. The van der Waals surface area contributed by atoms with Crippen LogP contribution in [0.1, 0.15) is 57.9 Å². The van der Waals surface area contributed by atoms with Crippen LogP contribution >= 0.6 is 0 Å². The van der Waals surface area contributed by atoms with Crippen molar-refractivity contribution < 1.29 is 9.47 Å². The first-order chi connectivity index (χ1) is 9.55. The van der Waals surface area contributed by atoms with Crippen molar-refractivity contribution in [3.05, 3.63) is 23.8 Å². The van der Waals surface area contributed by atoms with Gasteiger partial charge in [0.05, 0.1) is 6.61 Å². The van der Waals surface area contributed by atoms with Crippen LogP contribution in [0.15, 0.2) is 18.2 Å². The van der Waals surface area contributed by atoms with Crippen LogP contribution in [0.4, 0.5) is 0 Å². The fourth-order valence-electron chi connectivity index (χ4n) is 3.70. The Kier molecular flexibility index (Phi) is 3.41. The molecule has 1 saturated carbocycles. The summed E-state index contributed by atoms with van der Waals surface area (Å²) in [6.45, 7) is 4.98. The Morgan fingerprint density at radius 2 is 2.05 bits per heavy atom. The van der Waals surface area contributed by atoms with Gasteiger partial charge in [-0.05, 0) is 51.2 Å². The first-order valence-corrected chi connectivity index (χ1v) is 7.80. The van der Waals surface area contributed by atoms with E-state index < -0.39 is 0 Å². The van der Waals surface area contributed by atoms with Crippen LogP contribution in [0.25, 0.3) is 0 Å². The van der Waals surface area contributed by atoms with Crippen LogP contribution in [0.5, 0.6) is 11.5 Å². The van der Waals surface area contributed by atoms with Crippen molar-refractivity contribution in [2.45, 2.75) is 63.5 Å². The minimum atomic E-state index is -0.304. The fraction of sp³-hybridized carbons (Fsp3) is 0.647. The maximum Gasteiger partial charge on any atom is 0.128 e. The Balaban J connectivity index is 1.93. The van der Waals surface area contributed by atoms with Crippen molar-refractivity contribution in [3.8, 4) is 11.5 Å². The van der Waals surface area contributed by atoms with Gasteiger partial charge in [-0.25, -0.2) is 0 Å². The lowest BCUT2D eigenvalue weighted by Gasteiger charge is -2.44. The highest BCUT2D eigenvalue weighted by molar-refractivity contribution is 5.46. The molecule has 1 aromatic rings. The van der Waals surface area contributed by atoms with E-state index in [2.05, 4.69) is 19.9 Å². The van der Waals surface area contributed by atoms with Gasteiger partial charge in [0.2, 0.25) is 0 Å². The Hall–Kier alpha value is -1.22. The highest BCUT2D eigenvalue weighted by Gasteiger charge is 2.46. The molecule has 3 rings (SSSR count). The summed E-state index contributed by atoms with van der Waals surface area (Å²) in [6.07, 6.45) is 6.67. The van der Waals surface area contributed by atoms with Gasteiger partial charge in [0, 0.05) is 23.6 Å². The average molecular weight is 275 g/mol. The third-order valence-corrected chi connectivity index (χ3v) is 4.57. The first kappa shape index (κ1) is 13.7. The molecule has 2 aliphatic rings. The number of hydrogen-bond donors (Lipinski definition) is 1. The summed E-state index contributed by atoms with van der Waals surface area (Å²) in [7, 11) is 0. The maximum atomic E-state index is 6.57. The summed E-state index contributed by atoms with van der Waals surface area (Å²) in [5.41, 5.74) is 7.34. The molecule has 2 N–H and O–H groups in total. The lowest BCUT2D eigenvalue weighted by Crippen LogP contribution is -2.49. The summed E-state index contributed by atoms with van der Waals surface area (Å²) in [6, 6.07) is 6.10. The van der Waals surface area contributed by atoms with Crippen LogP contribution in [0.3, 0.4) is 0 Å². The standard InChI is InChI=1S/C17H25NO2/c1-3-10-19-13-6-7-14-15(11-13)20-17(8-4-5-9-17)12-16(14,2)18/h6-7,11H,3-5,8-10,12,18H2,1-2H3. The monoisotopic (exact) mass is 275 g/mol. The van der Waals surface area contributed by atoms with E-state index in [9.17, 15) is 0 Å². The second kappa shape index (κ2) is 4.96. The van der Waals surface area contributed by atoms with Gasteiger partial charge in [0.15, 0.2) is 0 Å². The van der Waals surface area contributed by atoms with Gasteiger partial charge in [0.25, 0.3) is 0 Å². The summed E-state index contributed by atoms with van der Waals surface area (Å²) in [4.78, 5) is 0. The molecule has 1 aliphatic heterocycles. The van der Waals surface area contributed by atoms with Crippen molar-refractivity contribution in [2.75, 3.05) is 6.61 Å². The van der Waals surface area contributed by atoms with Crippen molar-refractivity contribution in [2.24, 2.45) is 5.73 Å². The summed E-state index contributed by atoms with van der Waals surface area (Å²) in [5, 5.41) is 0. The van der Waals surface area contributed by atoms with Crippen molar-refractivity contribution in [1.82, 2.24) is 0 Å². The summed E-state index contributed by atoms with van der Waals surface area (Å²) in [5.74, 6) is 1.81. The molecule has 0 bridgehead atoms. The normalized spacial score (nSPS) is 27.1. The smallest absolute Gasteiger partial charge is 0.128 e. The maximum absolute atomic E-state index is 6.57. The van der Waals surface area contributed by atoms with E-state index in [1.165, 1.54) is 12.8 Å². The van der Waals surface area contributed by atoms with E-state index in [1.54, 1.807) is 0 Å². The van der Waals surface area contributed by atoms with E-state index in [-0.39, 0.29) is 11.1 Å². The number of hydrogen-bond acceptors (Lipinski definition) is 3.